The van der Waals surface area contributed by atoms with E-state index in [1.807, 2.05) is 18.7 Å². The highest BCUT2D eigenvalue weighted by molar-refractivity contribution is 5.80. The number of carbonyl (C=O) groups is 1. The molecule has 25 heavy (non-hydrogen) atoms. The van der Waals surface area contributed by atoms with Gasteiger partial charge in [-0.05, 0) is 25.2 Å². The summed E-state index contributed by atoms with van der Waals surface area (Å²) in [5.74, 6) is 0.205. The van der Waals surface area contributed by atoms with Crippen molar-refractivity contribution in [1.82, 2.24) is 15.1 Å². The number of nitrogens with zero attached hydrogens (tertiary/aromatic N) is 4. The molecule has 10 heteroatoms. The topological polar surface area (TPSA) is 110 Å². The Hall–Kier alpha value is -1.94. The first-order chi connectivity index (χ1) is 11.9. The van der Waals surface area contributed by atoms with Crippen LogP contribution < -0.4 is 5.32 Å². The molecule has 0 radical (unpaired) electrons. The largest absolute Gasteiger partial charge is 0.468 e. The van der Waals surface area contributed by atoms with Gasteiger partial charge in [-0.3, -0.25) is 9.69 Å². The minimum atomic E-state index is -0.716. The van der Waals surface area contributed by atoms with Gasteiger partial charge in [-0.2, -0.15) is 0 Å². The molecule has 0 aromatic rings. The van der Waals surface area contributed by atoms with E-state index in [1.165, 1.54) is 7.11 Å². The quantitative estimate of drug-likeness (QED) is 0.397. The van der Waals surface area contributed by atoms with E-state index in [0.717, 1.165) is 12.8 Å². The minimum Gasteiger partial charge on any atom is -0.468 e. The van der Waals surface area contributed by atoms with Crippen LogP contribution in [0.1, 0.15) is 33.1 Å². The zero-order valence-corrected chi connectivity index (χ0v) is 15.0. The van der Waals surface area contributed by atoms with E-state index >= 15 is 0 Å². The predicted molar refractivity (Wildman–Crippen MR) is 90.1 cm³/mol. The van der Waals surface area contributed by atoms with Gasteiger partial charge in [0.2, 0.25) is 0 Å². The molecule has 1 N–H and O–H groups in total. The smallest absolute Gasteiger partial charge is 0.323 e. The van der Waals surface area contributed by atoms with Crippen molar-refractivity contribution in [2.24, 2.45) is 11.0 Å². The van der Waals surface area contributed by atoms with Crippen molar-refractivity contribution < 1.29 is 19.3 Å². The third-order valence-electron chi connectivity index (χ3n) is 4.33. The number of hydrogen-bond donors (Lipinski definition) is 1. The molecule has 0 bridgehead atoms. The van der Waals surface area contributed by atoms with E-state index in [-0.39, 0.29) is 18.0 Å². The second-order valence-corrected chi connectivity index (χ2v) is 6.75. The Morgan fingerprint density at radius 1 is 1.56 bits per heavy atom. The van der Waals surface area contributed by atoms with Crippen molar-refractivity contribution in [3.63, 3.8) is 0 Å². The van der Waals surface area contributed by atoms with Crippen LogP contribution in [0, 0.1) is 16.0 Å². The lowest BCUT2D eigenvalue weighted by molar-refractivity contribution is -0.486. The molecule has 2 rings (SSSR count). The van der Waals surface area contributed by atoms with Crippen LogP contribution in [-0.4, -0.2) is 72.5 Å². The van der Waals surface area contributed by atoms with Crippen LogP contribution in [0.15, 0.2) is 5.10 Å². The molecule has 2 fully saturated rings. The van der Waals surface area contributed by atoms with Crippen molar-refractivity contribution in [2.75, 3.05) is 33.6 Å². The van der Waals surface area contributed by atoms with E-state index in [0.29, 0.717) is 38.8 Å². The summed E-state index contributed by atoms with van der Waals surface area (Å²) in [5, 5.41) is 16.5. The summed E-state index contributed by atoms with van der Waals surface area (Å²) in [6.45, 7) is 5.92. The summed E-state index contributed by atoms with van der Waals surface area (Å²) in [4.78, 5) is 26.7. The number of ether oxygens (including phenoxy) is 2. The van der Waals surface area contributed by atoms with Crippen molar-refractivity contribution in [1.29, 1.82) is 0 Å². The first-order valence-electron chi connectivity index (χ1n) is 8.56. The van der Waals surface area contributed by atoms with Crippen LogP contribution in [0.25, 0.3) is 0 Å². The Balaban J connectivity index is 2.13. The highest BCUT2D eigenvalue weighted by Gasteiger charge is 2.35. The Morgan fingerprint density at radius 3 is 2.88 bits per heavy atom. The molecule has 2 unspecified atom stereocenters. The average Bonchev–Trinajstić information content (AvgIpc) is 3.06. The Bertz CT molecular complexity index is 507. The second-order valence-electron chi connectivity index (χ2n) is 6.75. The van der Waals surface area contributed by atoms with Gasteiger partial charge < -0.3 is 19.7 Å². The van der Waals surface area contributed by atoms with Crippen LogP contribution in [0.5, 0.6) is 0 Å². The van der Waals surface area contributed by atoms with Crippen molar-refractivity contribution >= 4 is 11.9 Å². The number of nitrogens with one attached hydrogen (secondary N) is 1. The Labute approximate surface area is 147 Å². The minimum absolute atomic E-state index is 0.0142. The molecular formula is C15H27N5O5. The summed E-state index contributed by atoms with van der Waals surface area (Å²) in [7, 11) is 1.37. The van der Waals surface area contributed by atoms with Crippen molar-refractivity contribution in [2.45, 2.75) is 45.3 Å². The maximum Gasteiger partial charge on any atom is 0.323 e. The van der Waals surface area contributed by atoms with E-state index in [9.17, 15) is 14.9 Å². The van der Waals surface area contributed by atoms with Gasteiger partial charge in [0.25, 0.3) is 5.96 Å². The lowest BCUT2D eigenvalue weighted by Gasteiger charge is -2.41. The third-order valence-corrected chi connectivity index (χ3v) is 4.33. The number of carbonyl (C=O) groups excluding carboxylic acids is 1. The second kappa shape index (κ2) is 8.95. The molecule has 2 saturated heterocycles. The number of methoxy groups -OCH3 is 1. The molecule has 2 atom stereocenters. The highest BCUT2D eigenvalue weighted by Crippen LogP contribution is 2.18. The lowest BCUT2D eigenvalue weighted by Crippen LogP contribution is -2.62. The highest BCUT2D eigenvalue weighted by atomic mass is 16.7. The molecule has 0 saturated carbocycles. The van der Waals surface area contributed by atoms with Crippen LogP contribution in [-0.2, 0) is 14.3 Å². The van der Waals surface area contributed by atoms with Crippen LogP contribution in [0.4, 0.5) is 0 Å². The number of hydrazone groups is 1. The number of esters is 1. The van der Waals surface area contributed by atoms with Gasteiger partial charge in [-0.1, -0.05) is 13.8 Å². The van der Waals surface area contributed by atoms with E-state index in [4.69, 9.17) is 9.47 Å². The molecular weight excluding hydrogens is 330 g/mol. The third kappa shape index (κ3) is 5.53. The summed E-state index contributed by atoms with van der Waals surface area (Å²) in [6.07, 6.45) is 2.55. The maximum absolute atomic E-state index is 12.2. The number of hydrogen-bond acceptors (Lipinski definition) is 6. The van der Waals surface area contributed by atoms with Gasteiger partial charge in [0.15, 0.2) is 5.03 Å². The fourth-order valence-corrected chi connectivity index (χ4v) is 3.16. The molecule has 0 aromatic carbocycles. The molecule has 0 aromatic heterocycles. The van der Waals surface area contributed by atoms with Crippen LogP contribution in [0.2, 0.25) is 0 Å². The van der Waals surface area contributed by atoms with E-state index in [1.54, 1.807) is 4.90 Å². The molecule has 2 aliphatic rings. The van der Waals surface area contributed by atoms with Gasteiger partial charge >= 0.3 is 5.97 Å². The lowest BCUT2D eigenvalue weighted by atomic mass is 10.0. The fourth-order valence-electron chi connectivity index (χ4n) is 3.16. The summed E-state index contributed by atoms with van der Waals surface area (Å²) >= 11 is 0. The van der Waals surface area contributed by atoms with Gasteiger partial charge in [-0.15, -0.1) is 0 Å². The molecule has 0 amide bonds. The first-order valence-corrected chi connectivity index (χ1v) is 8.56. The van der Waals surface area contributed by atoms with Gasteiger partial charge in [0.1, 0.15) is 11.1 Å². The first kappa shape index (κ1) is 19.4. The molecule has 142 valence electrons. The number of nitro groups is 1. The summed E-state index contributed by atoms with van der Waals surface area (Å²) in [6, 6.07) is -0.415. The number of guanidine groups is 1. The van der Waals surface area contributed by atoms with E-state index in [2.05, 4.69) is 10.4 Å². The zero-order chi connectivity index (χ0) is 18.4. The van der Waals surface area contributed by atoms with Crippen molar-refractivity contribution in [3.05, 3.63) is 10.1 Å². The molecule has 0 spiro atoms. The predicted octanol–water partition coefficient (Wildman–Crippen LogP) is 0.423. The SMILES string of the molecule is COC(=O)C(CC(C)C)N1CN/C(=N\[N+](=O)[O-])N(CC2CCCO2)C1. The van der Waals surface area contributed by atoms with Gasteiger partial charge in [0, 0.05) is 13.2 Å². The molecule has 0 aliphatic carbocycles. The Morgan fingerprint density at radius 2 is 2.32 bits per heavy atom. The van der Waals surface area contributed by atoms with Crippen molar-refractivity contribution in [3.8, 4) is 0 Å². The monoisotopic (exact) mass is 357 g/mol. The van der Waals surface area contributed by atoms with Crippen LogP contribution in [0.3, 0.4) is 0 Å². The fraction of sp³-hybridized carbons (Fsp3) is 0.867. The number of rotatable bonds is 7. The zero-order valence-electron chi connectivity index (χ0n) is 15.0. The summed E-state index contributed by atoms with van der Waals surface area (Å²) < 4.78 is 10.6. The Kier molecular flexibility index (Phi) is 6.94. The standard InChI is InChI=1S/C15H27N5O5/c1-11(2)7-13(14(21)24-3)19-9-16-15(17-20(22)23)18(10-19)8-12-5-4-6-25-12/h11-13H,4-10H2,1-3H3,(H,16,17). The van der Waals surface area contributed by atoms with Gasteiger partial charge in [0.05, 0.1) is 26.6 Å². The normalized spacial score (nSPS) is 24.4. The molecule has 2 heterocycles. The van der Waals surface area contributed by atoms with Gasteiger partial charge in [-0.25, -0.2) is 10.1 Å². The molecule has 2 aliphatic heterocycles. The van der Waals surface area contributed by atoms with E-state index < -0.39 is 11.1 Å². The average molecular weight is 357 g/mol. The summed E-state index contributed by atoms with van der Waals surface area (Å²) in [5.41, 5.74) is 0. The maximum atomic E-state index is 12.2. The van der Waals surface area contributed by atoms with Crippen LogP contribution >= 0.6 is 0 Å². The molecule has 10 nitrogen and oxygen atoms in total.